The number of thiophene rings is 1. The summed E-state index contributed by atoms with van der Waals surface area (Å²) in [5.74, 6) is 1.67. The van der Waals surface area contributed by atoms with Gasteiger partial charge in [0.25, 0.3) is 11.8 Å². The van der Waals surface area contributed by atoms with Crippen LogP contribution in [0.3, 0.4) is 0 Å². The molecule has 0 unspecified atom stereocenters. The Balaban J connectivity index is 1.53. The van der Waals surface area contributed by atoms with Gasteiger partial charge in [0.2, 0.25) is 0 Å². The van der Waals surface area contributed by atoms with Gasteiger partial charge in [-0.25, -0.2) is 0 Å². The number of fused-ring (bicyclic) bond motifs is 2. The van der Waals surface area contributed by atoms with E-state index in [0.717, 1.165) is 17.2 Å². The third-order valence-corrected chi connectivity index (χ3v) is 6.84. The van der Waals surface area contributed by atoms with E-state index in [1.807, 2.05) is 17.5 Å². The zero-order valence-corrected chi connectivity index (χ0v) is 18.0. The summed E-state index contributed by atoms with van der Waals surface area (Å²) in [5.41, 5.74) is 0.637. The molecule has 0 radical (unpaired) electrons. The molecule has 7 heteroatoms. The lowest BCUT2D eigenvalue weighted by molar-refractivity contribution is -0.118. The Morgan fingerprint density at radius 2 is 1.93 bits per heavy atom. The molecule has 30 heavy (non-hydrogen) atoms. The van der Waals surface area contributed by atoms with Crippen molar-refractivity contribution in [1.82, 2.24) is 10.6 Å². The quantitative estimate of drug-likeness (QED) is 0.660. The first-order valence-corrected chi connectivity index (χ1v) is 11.0. The molecule has 2 amide bonds. The molecule has 0 saturated heterocycles. The lowest BCUT2D eigenvalue weighted by Gasteiger charge is -2.23. The molecule has 2 saturated carbocycles. The Morgan fingerprint density at radius 3 is 2.57 bits per heavy atom. The average molecular weight is 427 g/mol. The standard InChI is InChI=1S/C23H26N2O4S/c1-28-20-8-7-16(12-21(20)29-2)22(26)25-19(13-17-4-3-9-30-17)23(27)24-18-11-14-5-6-15(18)10-14/h3-4,7-9,12-15,18H,5-6,10-11H2,1-2H3,(H,24,27)(H,25,26)/b19-13-/t14-,15-,18+/m0/s1. The second-order valence-corrected chi connectivity index (χ2v) is 8.83. The van der Waals surface area contributed by atoms with E-state index in [-0.39, 0.29) is 23.6 Å². The number of ether oxygens (including phenoxy) is 2. The fourth-order valence-corrected chi connectivity index (χ4v) is 5.17. The summed E-state index contributed by atoms with van der Waals surface area (Å²) in [7, 11) is 3.06. The van der Waals surface area contributed by atoms with Crippen molar-refractivity contribution in [2.24, 2.45) is 11.8 Å². The van der Waals surface area contributed by atoms with Gasteiger partial charge in [-0.1, -0.05) is 12.5 Å². The summed E-state index contributed by atoms with van der Waals surface area (Å²) >= 11 is 1.51. The van der Waals surface area contributed by atoms with Crippen molar-refractivity contribution >= 4 is 29.2 Å². The molecule has 2 bridgehead atoms. The highest BCUT2D eigenvalue weighted by Gasteiger charge is 2.40. The predicted octanol–water partition coefficient (Wildman–Crippen LogP) is 3.84. The van der Waals surface area contributed by atoms with E-state index < -0.39 is 0 Å². The summed E-state index contributed by atoms with van der Waals surface area (Å²) in [6.45, 7) is 0. The maximum absolute atomic E-state index is 13.1. The van der Waals surface area contributed by atoms with Crippen molar-refractivity contribution in [1.29, 1.82) is 0 Å². The van der Waals surface area contributed by atoms with Crippen LogP contribution in [0, 0.1) is 11.8 Å². The number of methoxy groups -OCH3 is 2. The van der Waals surface area contributed by atoms with E-state index in [2.05, 4.69) is 10.6 Å². The van der Waals surface area contributed by atoms with E-state index in [0.29, 0.717) is 23.0 Å². The zero-order chi connectivity index (χ0) is 21.1. The smallest absolute Gasteiger partial charge is 0.268 e. The lowest BCUT2D eigenvalue weighted by Crippen LogP contribution is -2.42. The number of nitrogens with one attached hydrogen (secondary N) is 2. The highest BCUT2D eigenvalue weighted by Crippen LogP contribution is 2.44. The van der Waals surface area contributed by atoms with Crippen LogP contribution in [0.2, 0.25) is 0 Å². The molecule has 1 aromatic heterocycles. The predicted molar refractivity (Wildman–Crippen MR) is 117 cm³/mol. The summed E-state index contributed by atoms with van der Waals surface area (Å²) in [5, 5.41) is 7.89. The minimum Gasteiger partial charge on any atom is -0.493 e. The van der Waals surface area contributed by atoms with Gasteiger partial charge >= 0.3 is 0 Å². The third kappa shape index (κ3) is 4.36. The summed E-state index contributed by atoms with van der Waals surface area (Å²) < 4.78 is 10.5. The Morgan fingerprint density at radius 1 is 1.10 bits per heavy atom. The van der Waals surface area contributed by atoms with E-state index in [1.165, 1.54) is 37.7 Å². The van der Waals surface area contributed by atoms with E-state index in [9.17, 15) is 9.59 Å². The van der Waals surface area contributed by atoms with Crippen LogP contribution in [0.25, 0.3) is 6.08 Å². The Labute approximate surface area is 180 Å². The minimum absolute atomic E-state index is 0.195. The van der Waals surface area contributed by atoms with Crippen molar-refractivity contribution < 1.29 is 19.1 Å². The highest BCUT2D eigenvalue weighted by molar-refractivity contribution is 7.10. The van der Waals surface area contributed by atoms with Crippen LogP contribution in [0.4, 0.5) is 0 Å². The SMILES string of the molecule is COc1ccc(C(=O)N/C(=C\c2cccs2)C(=O)N[C@@H]2C[C@H]3CC[C@H]2C3)cc1OC. The van der Waals surface area contributed by atoms with E-state index in [4.69, 9.17) is 9.47 Å². The number of benzene rings is 1. The molecular weight excluding hydrogens is 400 g/mol. The molecule has 158 valence electrons. The van der Waals surface area contributed by atoms with Crippen LogP contribution in [-0.4, -0.2) is 32.1 Å². The normalized spacial score (nSPS) is 22.6. The first-order chi connectivity index (χ1) is 14.6. The molecule has 0 spiro atoms. The maximum Gasteiger partial charge on any atom is 0.268 e. The van der Waals surface area contributed by atoms with Crippen molar-refractivity contribution in [2.45, 2.75) is 31.7 Å². The number of amides is 2. The van der Waals surface area contributed by atoms with Crippen LogP contribution in [0.1, 0.15) is 40.9 Å². The van der Waals surface area contributed by atoms with Gasteiger partial charge < -0.3 is 20.1 Å². The maximum atomic E-state index is 13.1. The van der Waals surface area contributed by atoms with Gasteiger partial charge in [0.05, 0.1) is 14.2 Å². The molecule has 3 atom stereocenters. The van der Waals surface area contributed by atoms with Crippen molar-refractivity contribution in [2.75, 3.05) is 14.2 Å². The number of carbonyl (C=O) groups excluding carboxylic acids is 2. The van der Waals surface area contributed by atoms with E-state index >= 15 is 0 Å². The van der Waals surface area contributed by atoms with Crippen molar-refractivity contribution in [3.63, 3.8) is 0 Å². The fraction of sp³-hybridized carbons (Fsp3) is 0.391. The lowest BCUT2D eigenvalue weighted by atomic mass is 9.95. The molecule has 2 aliphatic carbocycles. The van der Waals surface area contributed by atoms with Gasteiger partial charge in [-0.05, 0) is 66.8 Å². The van der Waals surface area contributed by atoms with Crippen LogP contribution >= 0.6 is 11.3 Å². The molecule has 0 aliphatic heterocycles. The monoisotopic (exact) mass is 426 g/mol. The molecule has 2 fully saturated rings. The van der Waals surface area contributed by atoms with Gasteiger partial charge in [0, 0.05) is 16.5 Å². The van der Waals surface area contributed by atoms with Gasteiger partial charge in [-0.2, -0.15) is 0 Å². The van der Waals surface area contributed by atoms with E-state index in [1.54, 1.807) is 31.4 Å². The molecule has 2 N–H and O–H groups in total. The summed E-state index contributed by atoms with van der Waals surface area (Å²) in [4.78, 5) is 26.9. The fourth-order valence-electron chi connectivity index (χ4n) is 4.51. The first kappa shape index (κ1) is 20.5. The van der Waals surface area contributed by atoms with Crippen LogP contribution in [0.5, 0.6) is 11.5 Å². The number of hydrogen-bond donors (Lipinski definition) is 2. The molecule has 6 nitrogen and oxygen atoms in total. The van der Waals surface area contributed by atoms with Gasteiger partial charge in [-0.3, -0.25) is 9.59 Å². The Bertz CT molecular complexity index is 954. The molecule has 4 rings (SSSR count). The van der Waals surface area contributed by atoms with Crippen molar-refractivity contribution in [3.05, 3.63) is 51.8 Å². The first-order valence-electron chi connectivity index (χ1n) is 10.2. The molecule has 1 heterocycles. The van der Waals surface area contributed by atoms with Crippen molar-refractivity contribution in [3.8, 4) is 11.5 Å². The number of hydrogen-bond acceptors (Lipinski definition) is 5. The average Bonchev–Trinajstić information content (AvgIpc) is 3.51. The highest BCUT2D eigenvalue weighted by atomic mass is 32.1. The topological polar surface area (TPSA) is 76.7 Å². The third-order valence-electron chi connectivity index (χ3n) is 6.02. The molecular formula is C23H26N2O4S. The largest absolute Gasteiger partial charge is 0.493 e. The zero-order valence-electron chi connectivity index (χ0n) is 17.1. The second-order valence-electron chi connectivity index (χ2n) is 7.85. The Hall–Kier alpha value is -2.80. The van der Waals surface area contributed by atoms with Crippen LogP contribution in [-0.2, 0) is 4.79 Å². The molecule has 2 aromatic rings. The minimum atomic E-state index is -0.373. The van der Waals surface area contributed by atoms with Crippen LogP contribution < -0.4 is 20.1 Å². The number of carbonyl (C=O) groups is 2. The summed E-state index contributed by atoms with van der Waals surface area (Å²) in [6.07, 6.45) is 6.41. The number of rotatable bonds is 7. The Kier molecular flexibility index (Phi) is 6.08. The second kappa shape index (κ2) is 8.92. The molecule has 2 aliphatic rings. The van der Waals surface area contributed by atoms with Gasteiger partial charge in [0.1, 0.15) is 5.70 Å². The summed E-state index contributed by atoms with van der Waals surface area (Å²) in [6, 6.07) is 8.95. The van der Waals surface area contributed by atoms with Gasteiger partial charge in [0.15, 0.2) is 11.5 Å². The van der Waals surface area contributed by atoms with Gasteiger partial charge in [-0.15, -0.1) is 11.3 Å². The molecule has 1 aromatic carbocycles. The van der Waals surface area contributed by atoms with Crippen LogP contribution in [0.15, 0.2) is 41.4 Å².